The minimum atomic E-state index is -0.944. The number of carbonyl (C=O) groups is 1. The lowest BCUT2D eigenvalue weighted by Crippen LogP contribution is -1.96. The van der Waals surface area contributed by atoms with Crippen molar-refractivity contribution in [3.05, 3.63) is 64.7 Å². The second kappa shape index (κ2) is 6.02. The van der Waals surface area contributed by atoms with E-state index in [0.717, 1.165) is 11.3 Å². The van der Waals surface area contributed by atoms with Crippen LogP contribution >= 0.6 is 11.6 Å². The topological polar surface area (TPSA) is 61.7 Å². The number of nitrogens with zero attached hydrogens (tertiary/aromatic N) is 1. The zero-order valence-electron chi connectivity index (χ0n) is 9.88. The summed E-state index contributed by atoms with van der Waals surface area (Å²) in [4.78, 5) is 10.7. The SMILES string of the molecule is O=C(O)c1ccc(/C=N\Nc2cccc(Cl)c2)cc1. The van der Waals surface area contributed by atoms with Crippen LogP contribution < -0.4 is 5.43 Å². The van der Waals surface area contributed by atoms with Gasteiger partial charge in [-0.3, -0.25) is 5.43 Å². The highest BCUT2D eigenvalue weighted by Crippen LogP contribution is 2.14. The first-order valence-electron chi connectivity index (χ1n) is 5.53. The fourth-order valence-electron chi connectivity index (χ4n) is 1.45. The molecule has 0 spiro atoms. The number of hydrogen-bond donors (Lipinski definition) is 2. The van der Waals surface area contributed by atoms with Crippen molar-refractivity contribution in [2.75, 3.05) is 5.43 Å². The molecule has 2 rings (SSSR count). The molecule has 0 unspecified atom stereocenters. The minimum absolute atomic E-state index is 0.250. The highest BCUT2D eigenvalue weighted by atomic mass is 35.5. The Labute approximate surface area is 115 Å². The van der Waals surface area contributed by atoms with Crippen molar-refractivity contribution in [2.24, 2.45) is 5.10 Å². The molecule has 0 bridgehead atoms. The molecule has 0 saturated heterocycles. The average Bonchev–Trinajstić information content (AvgIpc) is 2.39. The molecule has 0 aliphatic heterocycles. The summed E-state index contributed by atoms with van der Waals surface area (Å²) >= 11 is 5.84. The van der Waals surface area contributed by atoms with Crippen LogP contribution in [0.2, 0.25) is 5.02 Å². The number of carboxylic acid groups (broad SMARTS) is 1. The van der Waals surface area contributed by atoms with Crippen molar-refractivity contribution in [2.45, 2.75) is 0 Å². The van der Waals surface area contributed by atoms with Gasteiger partial charge in [0.15, 0.2) is 0 Å². The number of benzene rings is 2. The van der Waals surface area contributed by atoms with E-state index in [1.165, 1.54) is 12.1 Å². The molecule has 0 fully saturated rings. The monoisotopic (exact) mass is 274 g/mol. The van der Waals surface area contributed by atoms with Crippen molar-refractivity contribution in [1.29, 1.82) is 0 Å². The quantitative estimate of drug-likeness (QED) is 0.663. The zero-order valence-corrected chi connectivity index (χ0v) is 10.6. The van der Waals surface area contributed by atoms with Crippen LogP contribution in [-0.2, 0) is 0 Å². The van der Waals surface area contributed by atoms with Gasteiger partial charge in [-0.15, -0.1) is 0 Å². The van der Waals surface area contributed by atoms with Crippen LogP contribution in [0.5, 0.6) is 0 Å². The van der Waals surface area contributed by atoms with E-state index < -0.39 is 5.97 Å². The Bertz CT molecular complexity index is 609. The van der Waals surface area contributed by atoms with Gasteiger partial charge in [0, 0.05) is 5.02 Å². The van der Waals surface area contributed by atoms with Gasteiger partial charge in [0.25, 0.3) is 0 Å². The van der Waals surface area contributed by atoms with E-state index in [1.807, 2.05) is 12.1 Å². The summed E-state index contributed by atoms with van der Waals surface area (Å²) in [5, 5.41) is 13.4. The Morgan fingerprint density at radius 2 is 1.95 bits per heavy atom. The molecule has 0 amide bonds. The van der Waals surface area contributed by atoms with Gasteiger partial charge in [-0.2, -0.15) is 5.10 Å². The van der Waals surface area contributed by atoms with Crippen molar-refractivity contribution in [3.8, 4) is 0 Å². The lowest BCUT2D eigenvalue weighted by Gasteiger charge is -2.00. The van der Waals surface area contributed by atoms with Gasteiger partial charge in [-0.25, -0.2) is 4.79 Å². The molecule has 0 aromatic heterocycles. The zero-order chi connectivity index (χ0) is 13.7. The van der Waals surface area contributed by atoms with E-state index in [4.69, 9.17) is 16.7 Å². The maximum absolute atomic E-state index is 10.7. The van der Waals surface area contributed by atoms with Crippen LogP contribution in [0.1, 0.15) is 15.9 Å². The lowest BCUT2D eigenvalue weighted by atomic mass is 10.1. The number of hydrogen-bond acceptors (Lipinski definition) is 3. The molecule has 2 N–H and O–H groups in total. The molecule has 0 aliphatic carbocycles. The second-order valence-corrected chi connectivity index (χ2v) is 4.24. The Morgan fingerprint density at radius 3 is 2.58 bits per heavy atom. The van der Waals surface area contributed by atoms with Crippen LogP contribution in [0.25, 0.3) is 0 Å². The maximum Gasteiger partial charge on any atom is 0.335 e. The van der Waals surface area contributed by atoms with Crippen molar-refractivity contribution >= 4 is 29.5 Å². The van der Waals surface area contributed by atoms with Crippen LogP contribution in [-0.4, -0.2) is 17.3 Å². The van der Waals surface area contributed by atoms with E-state index in [1.54, 1.807) is 30.5 Å². The summed E-state index contributed by atoms with van der Waals surface area (Å²) < 4.78 is 0. The molecule has 4 nitrogen and oxygen atoms in total. The number of halogens is 1. The number of carboxylic acids is 1. The molecule has 19 heavy (non-hydrogen) atoms. The van der Waals surface area contributed by atoms with Crippen LogP contribution in [0.3, 0.4) is 0 Å². The highest BCUT2D eigenvalue weighted by molar-refractivity contribution is 6.30. The van der Waals surface area contributed by atoms with E-state index in [0.29, 0.717) is 5.02 Å². The summed E-state index contributed by atoms with van der Waals surface area (Å²) in [7, 11) is 0. The third-order valence-electron chi connectivity index (χ3n) is 2.39. The first-order chi connectivity index (χ1) is 9.15. The van der Waals surface area contributed by atoms with Crippen LogP contribution in [0.15, 0.2) is 53.6 Å². The predicted octanol–water partition coefficient (Wildman–Crippen LogP) is 3.48. The number of rotatable bonds is 4. The smallest absolute Gasteiger partial charge is 0.335 e. The highest BCUT2D eigenvalue weighted by Gasteiger charge is 2.00. The fraction of sp³-hybridized carbons (Fsp3) is 0. The molecule has 0 saturated carbocycles. The van der Waals surface area contributed by atoms with E-state index in [9.17, 15) is 4.79 Å². The Balaban J connectivity index is 2.01. The Hall–Kier alpha value is -2.33. The standard InChI is InChI=1S/C14H11ClN2O2/c15-12-2-1-3-13(8-12)17-16-9-10-4-6-11(7-5-10)14(18)19/h1-9,17H,(H,18,19)/b16-9-. The van der Waals surface area contributed by atoms with Gasteiger partial charge in [0.05, 0.1) is 17.5 Å². The minimum Gasteiger partial charge on any atom is -0.478 e. The van der Waals surface area contributed by atoms with Gasteiger partial charge < -0.3 is 5.11 Å². The average molecular weight is 275 g/mol. The van der Waals surface area contributed by atoms with Crippen molar-refractivity contribution < 1.29 is 9.90 Å². The third-order valence-corrected chi connectivity index (χ3v) is 2.62. The van der Waals surface area contributed by atoms with Gasteiger partial charge in [-0.1, -0.05) is 29.8 Å². The molecule has 96 valence electrons. The summed E-state index contributed by atoms with van der Waals surface area (Å²) in [5.74, 6) is -0.944. The third kappa shape index (κ3) is 3.82. The van der Waals surface area contributed by atoms with E-state index in [-0.39, 0.29) is 5.56 Å². The van der Waals surface area contributed by atoms with Gasteiger partial charge in [-0.05, 0) is 35.9 Å². The molecule has 0 radical (unpaired) electrons. The van der Waals surface area contributed by atoms with Crippen molar-refractivity contribution in [1.82, 2.24) is 0 Å². The van der Waals surface area contributed by atoms with Gasteiger partial charge in [0.1, 0.15) is 0 Å². The van der Waals surface area contributed by atoms with Gasteiger partial charge in [0.2, 0.25) is 0 Å². The molecule has 0 aliphatic rings. The molecular weight excluding hydrogens is 264 g/mol. The largest absolute Gasteiger partial charge is 0.478 e. The fourth-order valence-corrected chi connectivity index (χ4v) is 1.64. The van der Waals surface area contributed by atoms with Crippen LogP contribution in [0, 0.1) is 0 Å². The summed E-state index contributed by atoms with van der Waals surface area (Å²) in [6.45, 7) is 0. The molecule has 0 heterocycles. The molecular formula is C14H11ClN2O2. The number of nitrogens with one attached hydrogen (secondary N) is 1. The second-order valence-electron chi connectivity index (χ2n) is 3.81. The Morgan fingerprint density at radius 1 is 1.21 bits per heavy atom. The number of hydrazone groups is 1. The van der Waals surface area contributed by atoms with Crippen LogP contribution in [0.4, 0.5) is 5.69 Å². The Kier molecular flexibility index (Phi) is 4.15. The molecule has 0 atom stereocenters. The van der Waals surface area contributed by atoms with Gasteiger partial charge >= 0.3 is 5.97 Å². The predicted molar refractivity (Wildman–Crippen MR) is 76.1 cm³/mol. The normalized spacial score (nSPS) is 10.6. The maximum atomic E-state index is 10.7. The molecule has 5 heteroatoms. The summed E-state index contributed by atoms with van der Waals surface area (Å²) in [6.07, 6.45) is 1.60. The van der Waals surface area contributed by atoms with E-state index >= 15 is 0 Å². The molecule has 2 aromatic rings. The number of anilines is 1. The summed E-state index contributed by atoms with van der Waals surface area (Å²) in [5.41, 5.74) is 4.68. The first-order valence-corrected chi connectivity index (χ1v) is 5.91. The summed E-state index contributed by atoms with van der Waals surface area (Å²) in [6, 6.07) is 13.6. The molecule has 2 aromatic carbocycles. The number of aromatic carboxylic acids is 1. The van der Waals surface area contributed by atoms with Crippen molar-refractivity contribution in [3.63, 3.8) is 0 Å². The van der Waals surface area contributed by atoms with E-state index in [2.05, 4.69) is 10.5 Å². The first kappa shape index (κ1) is 13.1. The lowest BCUT2D eigenvalue weighted by molar-refractivity contribution is 0.0697.